The lowest BCUT2D eigenvalue weighted by Gasteiger charge is -2.09. The predicted octanol–water partition coefficient (Wildman–Crippen LogP) is 5.29. The van der Waals surface area contributed by atoms with Crippen molar-refractivity contribution in [1.82, 2.24) is 9.97 Å². The standard InChI is InChI=1S/C25H20N4O4/c30-24(32-22-3-1-13-26-16-22)28-20-9-5-18(6-10-20)15-19-7-11-21(12-8-19)29-25(31)33-23-4-2-14-27-17-23/h1-14,16-17H,15H2,(H,28,30)(H,29,31). The number of nitrogens with one attached hydrogen (secondary N) is 2. The van der Waals surface area contributed by atoms with Crippen LogP contribution in [0.3, 0.4) is 0 Å². The number of nitrogens with zero attached hydrogens (tertiary/aromatic N) is 2. The Kier molecular flexibility index (Phi) is 6.87. The molecule has 164 valence electrons. The SMILES string of the molecule is O=C(Nc1ccc(Cc2ccc(NC(=O)Oc3cccnc3)cc2)cc1)Oc1cccnc1. The molecule has 4 rings (SSSR count). The molecule has 4 aromatic rings. The van der Waals surface area contributed by atoms with Gasteiger partial charge in [0.15, 0.2) is 11.5 Å². The highest BCUT2D eigenvalue weighted by Crippen LogP contribution is 2.17. The van der Waals surface area contributed by atoms with E-state index in [0.717, 1.165) is 11.1 Å². The molecule has 0 fully saturated rings. The van der Waals surface area contributed by atoms with Gasteiger partial charge in [-0.25, -0.2) is 9.59 Å². The normalized spacial score (nSPS) is 10.2. The molecule has 2 amide bonds. The maximum Gasteiger partial charge on any atom is 0.417 e. The molecule has 0 saturated carbocycles. The number of pyridine rings is 2. The zero-order valence-electron chi connectivity index (χ0n) is 17.5. The summed E-state index contributed by atoms with van der Waals surface area (Å²) in [5.41, 5.74) is 3.38. The third kappa shape index (κ3) is 6.63. The lowest BCUT2D eigenvalue weighted by atomic mass is 10.0. The molecule has 2 heterocycles. The van der Waals surface area contributed by atoms with E-state index in [0.29, 0.717) is 29.3 Å². The minimum atomic E-state index is -0.583. The first-order chi connectivity index (χ1) is 16.1. The van der Waals surface area contributed by atoms with Crippen LogP contribution >= 0.6 is 0 Å². The molecular formula is C25H20N4O4. The van der Waals surface area contributed by atoms with Crippen LogP contribution in [-0.2, 0) is 6.42 Å². The zero-order chi connectivity index (χ0) is 22.9. The number of hydrogen-bond acceptors (Lipinski definition) is 6. The van der Waals surface area contributed by atoms with Crippen molar-refractivity contribution in [2.75, 3.05) is 10.6 Å². The Morgan fingerprint density at radius 3 is 1.42 bits per heavy atom. The maximum absolute atomic E-state index is 12.0. The minimum absolute atomic E-state index is 0.370. The van der Waals surface area contributed by atoms with Gasteiger partial charge in [-0.2, -0.15) is 0 Å². The Labute approximate surface area is 190 Å². The van der Waals surface area contributed by atoms with Gasteiger partial charge in [-0.05, 0) is 66.1 Å². The summed E-state index contributed by atoms with van der Waals surface area (Å²) >= 11 is 0. The van der Waals surface area contributed by atoms with Gasteiger partial charge in [-0.3, -0.25) is 20.6 Å². The van der Waals surface area contributed by atoms with Gasteiger partial charge in [0.25, 0.3) is 0 Å². The summed E-state index contributed by atoms with van der Waals surface area (Å²) in [5, 5.41) is 5.36. The summed E-state index contributed by atoms with van der Waals surface area (Å²) in [6, 6.07) is 21.6. The molecule has 0 spiro atoms. The Balaban J connectivity index is 1.27. The number of carbonyl (C=O) groups is 2. The number of hydrogen-bond donors (Lipinski definition) is 2. The molecule has 0 atom stereocenters. The van der Waals surface area contributed by atoms with Crippen molar-refractivity contribution >= 4 is 23.6 Å². The van der Waals surface area contributed by atoms with Gasteiger partial charge in [0.05, 0.1) is 12.4 Å². The van der Waals surface area contributed by atoms with E-state index >= 15 is 0 Å². The number of benzene rings is 2. The highest BCUT2D eigenvalue weighted by atomic mass is 16.6. The summed E-state index contributed by atoms with van der Waals surface area (Å²) in [4.78, 5) is 31.7. The third-order valence-electron chi connectivity index (χ3n) is 4.50. The first-order valence-electron chi connectivity index (χ1n) is 10.1. The average Bonchev–Trinajstić information content (AvgIpc) is 2.83. The Hall–Kier alpha value is -4.72. The zero-order valence-corrected chi connectivity index (χ0v) is 17.5. The first kappa shape index (κ1) is 21.5. The van der Waals surface area contributed by atoms with E-state index in [1.54, 1.807) is 36.7 Å². The molecule has 2 N–H and O–H groups in total. The molecular weight excluding hydrogens is 420 g/mol. The molecule has 0 saturated heterocycles. The van der Waals surface area contributed by atoms with Crippen LogP contribution in [0.15, 0.2) is 97.6 Å². The quantitative estimate of drug-likeness (QED) is 0.422. The number of aromatic nitrogens is 2. The molecule has 8 heteroatoms. The summed E-state index contributed by atoms with van der Waals surface area (Å²) < 4.78 is 10.3. The number of ether oxygens (including phenoxy) is 2. The molecule has 0 bridgehead atoms. The van der Waals surface area contributed by atoms with E-state index in [1.807, 2.05) is 48.5 Å². The fourth-order valence-electron chi connectivity index (χ4n) is 2.96. The van der Waals surface area contributed by atoms with Gasteiger partial charge < -0.3 is 9.47 Å². The minimum Gasteiger partial charge on any atom is -0.408 e. The predicted molar refractivity (Wildman–Crippen MR) is 123 cm³/mol. The highest BCUT2D eigenvalue weighted by molar-refractivity contribution is 5.86. The van der Waals surface area contributed by atoms with Crippen molar-refractivity contribution in [2.24, 2.45) is 0 Å². The summed E-state index contributed by atoms with van der Waals surface area (Å²) in [7, 11) is 0. The van der Waals surface area contributed by atoms with Crippen LogP contribution in [-0.4, -0.2) is 22.2 Å². The van der Waals surface area contributed by atoms with E-state index in [-0.39, 0.29) is 0 Å². The Morgan fingerprint density at radius 1 is 0.636 bits per heavy atom. The number of amides is 2. The number of rotatable bonds is 6. The molecule has 0 aliphatic heterocycles. The number of carbonyl (C=O) groups excluding carboxylic acids is 2. The molecule has 33 heavy (non-hydrogen) atoms. The van der Waals surface area contributed by atoms with Crippen LogP contribution in [0.2, 0.25) is 0 Å². The lowest BCUT2D eigenvalue weighted by Crippen LogP contribution is -2.16. The highest BCUT2D eigenvalue weighted by Gasteiger charge is 2.07. The molecule has 0 aliphatic carbocycles. The van der Waals surface area contributed by atoms with Crippen molar-refractivity contribution in [2.45, 2.75) is 6.42 Å². The van der Waals surface area contributed by atoms with E-state index in [4.69, 9.17) is 9.47 Å². The van der Waals surface area contributed by atoms with E-state index in [1.165, 1.54) is 12.4 Å². The van der Waals surface area contributed by atoms with Crippen LogP contribution in [0, 0.1) is 0 Å². The molecule has 8 nitrogen and oxygen atoms in total. The monoisotopic (exact) mass is 440 g/mol. The third-order valence-corrected chi connectivity index (χ3v) is 4.50. The van der Waals surface area contributed by atoms with E-state index in [2.05, 4.69) is 20.6 Å². The lowest BCUT2D eigenvalue weighted by molar-refractivity contribution is 0.214. The van der Waals surface area contributed by atoms with Crippen molar-refractivity contribution in [1.29, 1.82) is 0 Å². The molecule has 2 aromatic carbocycles. The second-order valence-corrected chi connectivity index (χ2v) is 6.98. The maximum atomic E-state index is 12.0. The van der Waals surface area contributed by atoms with Crippen LogP contribution in [0.5, 0.6) is 11.5 Å². The molecule has 0 aliphatic rings. The summed E-state index contributed by atoms with van der Waals surface area (Å²) in [5.74, 6) is 0.741. The van der Waals surface area contributed by atoms with Gasteiger partial charge in [0, 0.05) is 23.8 Å². The topological polar surface area (TPSA) is 102 Å². The Bertz CT molecular complexity index is 1100. The van der Waals surface area contributed by atoms with Gasteiger partial charge in [-0.15, -0.1) is 0 Å². The van der Waals surface area contributed by atoms with Gasteiger partial charge in [0.2, 0.25) is 0 Å². The first-order valence-corrected chi connectivity index (χ1v) is 10.1. The van der Waals surface area contributed by atoms with Gasteiger partial charge in [0.1, 0.15) is 0 Å². The number of anilines is 2. The fourth-order valence-corrected chi connectivity index (χ4v) is 2.96. The van der Waals surface area contributed by atoms with Crippen molar-refractivity contribution in [3.05, 3.63) is 109 Å². The second-order valence-electron chi connectivity index (χ2n) is 6.98. The van der Waals surface area contributed by atoms with Crippen molar-refractivity contribution < 1.29 is 19.1 Å². The molecule has 0 unspecified atom stereocenters. The van der Waals surface area contributed by atoms with Crippen molar-refractivity contribution in [3.8, 4) is 11.5 Å². The van der Waals surface area contributed by atoms with Gasteiger partial charge >= 0.3 is 12.2 Å². The van der Waals surface area contributed by atoms with E-state index < -0.39 is 12.2 Å². The van der Waals surface area contributed by atoms with Crippen LogP contribution in [0.25, 0.3) is 0 Å². The van der Waals surface area contributed by atoms with Crippen LogP contribution < -0.4 is 20.1 Å². The second kappa shape index (κ2) is 10.5. The summed E-state index contributed by atoms with van der Waals surface area (Å²) in [6.45, 7) is 0. The Morgan fingerprint density at radius 2 is 1.06 bits per heavy atom. The molecule has 0 radical (unpaired) electrons. The largest absolute Gasteiger partial charge is 0.417 e. The summed E-state index contributed by atoms with van der Waals surface area (Å²) in [6.07, 6.45) is 5.67. The average molecular weight is 440 g/mol. The molecule has 2 aromatic heterocycles. The van der Waals surface area contributed by atoms with Gasteiger partial charge in [-0.1, -0.05) is 24.3 Å². The van der Waals surface area contributed by atoms with Crippen LogP contribution in [0.4, 0.5) is 21.0 Å². The van der Waals surface area contributed by atoms with E-state index in [9.17, 15) is 9.59 Å². The fraction of sp³-hybridized carbons (Fsp3) is 0.0400. The van der Waals surface area contributed by atoms with Crippen LogP contribution in [0.1, 0.15) is 11.1 Å². The van der Waals surface area contributed by atoms with Crippen molar-refractivity contribution in [3.63, 3.8) is 0 Å². The smallest absolute Gasteiger partial charge is 0.408 e.